The number of nitrogens with zero attached hydrogens (tertiary/aromatic N) is 3. The first-order chi connectivity index (χ1) is 13.1. The molecule has 1 fully saturated rings. The number of carbonyl (C=O) groups is 2. The summed E-state index contributed by atoms with van der Waals surface area (Å²) in [6.45, 7) is 3.63. The summed E-state index contributed by atoms with van der Waals surface area (Å²) in [6, 6.07) is 11.1. The average molecular weight is 368 g/mol. The number of methoxy groups -OCH3 is 1. The van der Waals surface area contributed by atoms with Crippen LogP contribution in [0, 0.1) is 0 Å². The molecule has 1 aliphatic heterocycles. The van der Waals surface area contributed by atoms with Gasteiger partial charge in [-0.05, 0) is 42.3 Å². The number of carbonyl (C=O) groups excluding carboxylic acids is 2. The van der Waals surface area contributed by atoms with Crippen LogP contribution in [0.15, 0.2) is 48.8 Å². The Morgan fingerprint density at radius 1 is 1.26 bits per heavy atom. The van der Waals surface area contributed by atoms with E-state index < -0.39 is 0 Å². The van der Waals surface area contributed by atoms with E-state index in [0.29, 0.717) is 19.6 Å². The van der Waals surface area contributed by atoms with Gasteiger partial charge in [0.25, 0.3) is 0 Å². The number of pyridine rings is 1. The van der Waals surface area contributed by atoms with Gasteiger partial charge >= 0.3 is 6.03 Å². The first kappa shape index (κ1) is 18.7. The third kappa shape index (κ3) is 4.55. The molecular formula is C20H24N4O3. The summed E-state index contributed by atoms with van der Waals surface area (Å²) in [7, 11) is 1.62. The van der Waals surface area contributed by atoms with Crippen molar-refractivity contribution in [3.8, 4) is 5.75 Å². The highest BCUT2D eigenvalue weighted by Gasteiger charge is 2.27. The molecule has 2 aromatic rings. The van der Waals surface area contributed by atoms with Crippen molar-refractivity contribution in [2.45, 2.75) is 19.5 Å². The molecule has 142 valence electrons. The Hall–Kier alpha value is -3.09. The molecule has 0 aliphatic carbocycles. The molecule has 0 radical (unpaired) electrons. The van der Waals surface area contributed by atoms with Crippen molar-refractivity contribution in [1.82, 2.24) is 20.1 Å². The van der Waals surface area contributed by atoms with Gasteiger partial charge in [-0.3, -0.25) is 9.78 Å². The maximum absolute atomic E-state index is 13.1. The number of nitrogens with one attached hydrogen (secondary N) is 1. The van der Waals surface area contributed by atoms with Crippen LogP contribution in [0.1, 0.15) is 24.1 Å². The highest BCUT2D eigenvalue weighted by atomic mass is 16.5. The molecular weight excluding hydrogens is 344 g/mol. The number of amides is 3. The molecule has 1 N–H and O–H groups in total. The summed E-state index contributed by atoms with van der Waals surface area (Å²) in [5.41, 5.74) is 1.99. The van der Waals surface area contributed by atoms with E-state index in [1.807, 2.05) is 43.3 Å². The Kier molecular flexibility index (Phi) is 5.90. The van der Waals surface area contributed by atoms with Gasteiger partial charge in [-0.25, -0.2) is 4.79 Å². The Balaban J connectivity index is 1.81. The summed E-state index contributed by atoms with van der Waals surface area (Å²) < 4.78 is 5.21. The van der Waals surface area contributed by atoms with E-state index in [0.717, 1.165) is 16.9 Å². The predicted molar refractivity (Wildman–Crippen MR) is 101 cm³/mol. The Morgan fingerprint density at radius 2 is 1.96 bits per heavy atom. The van der Waals surface area contributed by atoms with Crippen molar-refractivity contribution in [1.29, 1.82) is 0 Å². The number of aromatic nitrogens is 1. The van der Waals surface area contributed by atoms with Crippen molar-refractivity contribution < 1.29 is 14.3 Å². The van der Waals surface area contributed by atoms with Gasteiger partial charge < -0.3 is 19.9 Å². The van der Waals surface area contributed by atoms with E-state index in [-0.39, 0.29) is 24.5 Å². The third-order valence-corrected chi connectivity index (χ3v) is 4.76. The zero-order valence-corrected chi connectivity index (χ0v) is 15.6. The highest BCUT2D eigenvalue weighted by molar-refractivity contribution is 5.85. The molecule has 0 bridgehead atoms. The number of hydrogen-bond acceptors (Lipinski definition) is 4. The summed E-state index contributed by atoms with van der Waals surface area (Å²) in [6.07, 6.45) is 3.42. The average Bonchev–Trinajstić information content (AvgIpc) is 3.11. The first-order valence-corrected chi connectivity index (χ1v) is 8.93. The fraction of sp³-hybridized carbons (Fsp3) is 0.350. The normalized spacial score (nSPS) is 14.6. The van der Waals surface area contributed by atoms with Crippen LogP contribution in [0.2, 0.25) is 0 Å². The topological polar surface area (TPSA) is 74.8 Å². The molecule has 1 aromatic carbocycles. The molecule has 1 aliphatic rings. The molecule has 27 heavy (non-hydrogen) atoms. The lowest BCUT2D eigenvalue weighted by Crippen LogP contribution is -2.42. The number of ether oxygens (including phenoxy) is 1. The molecule has 7 nitrogen and oxygen atoms in total. The van der Waals surface area contributed by atoms with Gasteiger partial charge in [0, 0.05) is 32.0 Å². The van der Waals surface area contributed by atoms with Crippen LogP contribution in [0.4, 0.5) is 4.79 Å². The smallest absolute Gasteiger partial charge is 0.317 e. The molecule has 1 aromatic heterocycles. The third-order valence-electron chi connectivity index (χ3n) is 4.76. The van der Waals surface area contributed by atoms with Crippen molar-refractivity contribution in [3.63, 3.8) is 0 Å². The largest absolute Gasteiger partial charge is 0.497 e. The van der Waals surface area contributed by atoms with Gasteiger partial charge in [0.15, 0.2) is 0 Å². The number of rotatable bonds is 7. The van der Waals surface area contributed by atoms with Crippen LogP contribution in [0.25, 0.3) is 0 Å². The quantitative estimate of drug-likeness (QED) is 0.813. The fourth-order valence-electron chi connectivity index (χ4n) is 3.10. The zero-order chi connectivity index (χ0) is 19.2. The summed E-state index contributed by atoms with van der Waals surface area (Å²) in [5.74, 6) is 0.680. The molecule has 0 saturated carbocycles. The highest BCUT2D eigenvalue weighted by Crippen LogP contribution is 2.25. The van der Waals surface area contributed by atoms with E-state index in [4.69, 9.17) is 4.74 Å². The number of benzene rings is 1. The monoisotopic (exact) mass is 368 g/mol. The molecule has 0 spiro atoms. The minimum absolute atomic E-state index is 0.0669. The van der Waals surface area contributed by atoms with Crippen molar-refractivity contribution in [3.05, 3.63) is 59.9 Å². The molecule has 2 heterocycles. The van der Waals surface area contributed by atoms with E-state index in [1.165, 1.54) is 0 Å². The van der Waals surface area contributed by atoms with E-state index in [1.54, 1.807) is 29.3 Å². The number of hydrogen-bond donors (Lipinski definition) is 1. The second kappa shape index (κ2) is 8.53. The number of urea groups is 1. The molecule has 7 heteroatoms. The van der Waals surface area contributed by atoms with Crippen LogP contribution >= 0.6 is 0 Å². The van der Waals surface area contributed by atoms with Gasteiger partial charge in [0.2, 0.25) is 5.91 Å². The van der Waals surface area contributed by atoms with Crippen LogP contribution in [0.5, 0.6) is 5.75 Å². The first-order valence-electron chi connectivity index (χ1n) is 8.93. The maximum Gasteiger partial charge on any atom is 0.317 e. The van der Waals surface area contributed by atoms with Crippen molar-refractivity contribution in [2.24, 2.45) is 0 Å². The van der Waals surface area contributed by atoms with Crippen molar-refractivity contribution in [2.75, 3.05) is 26.7 Å². The van der Waals surface area contributed by atoms with Gasteiger partial charge in [-0.2, -0.15) is 0 Å². The summed E-state index contributed by atoms with van der Waals surface area (Å²) in [4.78, 5) is 32.2. The summed E-state index contributed by atoms with van der Waals surface area (Å²) in [5, 5.41) is 2.73. The molecule has 1 saturated heterocycles. The lowest BCUT2D eigenvalue weighted by Gasteiger charge is -2.31. The lowest BCUT2D eigenvalue weighted by molar-refractivity contribution is -0.134. The van der Waals surface area contributed by atoms with E-state index in [2.05, 4.69) is 10.3 Å². The molecule has 3 amide bonds. The Morgan fingerprint density at radius 3 is 2.56 bits per heavy atom. The molecule has 3 rings (SSSR count). The van der Waals surface area contributed by atoms with Crippen LogP contribution in [-0.2, 0) is 11.3 Å². The Bertz CT molecular complexity index is 780. The molecule has 1 atom stereocenters. The standard InChI is InChI=1S/C20H24N4O3/c1-15(17-3-5-18(27-2)6-4-17)24(13-16-7-9-21-10-8-16)19(25)14-23-12-11-22-20(23)26/h3-10,15H,11-14H2,1-2H3,(H,22,26). The Labute approximate surface area is 158 Å². The maximum atomic E-state index is 13.1. The van der Waals surface area contributed by atoms with Crippen LogP contribution in [0.3, 0.4) is 0 Å². The van der Waals surface area contributed by atoms with Gasteiger partial charge in [0.1, 0.15) is 12.3 Å². The minimum Gasteiger partial charge on any atom is -0.497 e. The SMILES string of the molecule is COc1ccc(C(C)N(Cc2ccncc2)C(=O)CN2CCNC2=O)cc1. The fourth-order valence-corrected chi connectivity index (χ4v) is 3.10. The zero-order valence-electron chi connectivity index (χ0n) is 15.6. The van der Waals surface area contributed by atoms with Gasteiger partial charge in [-0.15, -0.1) is 0 Å². The van der Waals surface area contributed by atoms with Gasteiger partial charge in [0.05, 0.1) is 13.2 Å². The summed E-state index contributed by atoms with van der Waals surface area (Å²) >= 11 is 0. The van der Waals surface area contributed by atoms with E-state index in [9.17, 15) is 9.59 Å². The van der Waals surface area contributed by atoms with E-state index >= 15 is 0 Å². The lowest BCUT2D eigenvalue weighted by atomic mass is 10.1. The second-order valence-corrected chi connectivity index (χ2v) is 6.48. The van der Waals surface area contributed by atoms with Crippen LogP contribution < -0.4 is 10.1 Å². The molecule has 1 unspecified atom stereocenters. The minimum atomic E-state index is -0.190. The predicted octanol–water partition coefficient (Wildman–Crippen LogP) is 2.21. The van der Waals surface area contributed by atoms with Crippen LogP contribution in [-0.4, -0.2) is 53.5 Å². The second-order valence-electron chi connectivity index (χ2n) is 6.48. The van der Waals surface area contributed by atoms with Gasteiger partial charge in [-0.1, -0.05) is 12.1 Å². The van der Waals surface area contributed by atoms with Crippen molar-refractivity contribution >= 4 is 11.9 Å².